The Kier molecular flexibility index (Phi) is 6.85. The van der Waals surface area contributed by atoms with Crippen molar-refractivity contribution in [3.63, 3.8) is 0 Å². The van der Waals surface area contributed by atoms with Crippen molar-refractivity contribution in [1.29, 1.82) is 0 Å². The number of halogens is 2. The molecule has 0 aliphatic carbocycles. The van der Waals surface area contributed by atoms with Crippen LogP contribution in [0.1, 0.15) is 5.69 Å². The molecule has 0 saturated heterocycles. The Morgan fingerprint density at radius 1 is 1.29 bits per heavy atom. The predicted octanol–water partition coefficient (Wildman–Crippen LogP) is 3.65. The standard InChI is InChI=1S/C17H19Cl2N3O2/c1-12-4-3-5-16(20-12)21-17(23)11-22(2)8-9-24-15-7-6-13(18)10-14(15)19/h3-7,10H,8-9,11H2,1-2H3,(H,20,21,23). The van der Waals surface area contributed by atoms with E-state index in [1.54, 1.807) is 24.3 Å². The van der Waals surface area contributed by atoms with Gasteiger partial charge in [0.15, 0.2) is 0 Å². The molecule has 1 N–H and O–H groups in total. The number of aromatic nitrogens is 1. The number of benzene rings is 1. The smallest absolute Gasteiger partial charge is 0.239 e. The van der Waals surface area contributed by atoms with Crippen molar-refractivity contribution in [2.75, 3.05) is 32.1 Å². The van der Waals surface area contributed by atoms with Crippen LogP contribution in [0.3, 0.4) is 0 Å². The molecule has 1 aromatic carbocycles. The van der Waals surface area contributed by atoms with Gasteiger partial charge in [-0.15, -0.1) is 0 Å². The maximum absolute atomic E-state index is 12.0. The van der Waals surface area contributed by atoms with E-state index < -0.39 is 0 Å². The topological polar surface area (TPSA) is 54.5 Å². The molecule has 5 nitrogen and oxygen atoms in total. The Balaban J connectivity index is 1.74. The third-order valence-corrected chi connectivity index (χ3v) is 3.72. The molecule has 0 aliphatic rings. The molecular formula is C17H19Cl2N3O2. The van der Waals surface area contributed by atoms with Crippen molar-refractivity contribution in [3.8, 4) is 5.75 Å². The summed E-state index contributed by atoms with van der Waals surface area (Å²) in [5.74, 6) is 1.00. The van der Waals surface area contributed by atoms with Crippen molar-refractivity contribution >= 4 is 34.9 Å². The third kappa shape index (κ3) is 6.00. The number of hydrogen-bond donors (Lipinski definition) is 1. The van der Waals surface area contributed by atoms with Gasteiger partial charge in [-0.2, -0.15) is 0 Å². The molecule has 1 aromatic heterocycles. The second-order valence-electron chi connectivity index (χ2n) is 5.37. The number of carbonyl (C=O) groups is 1. The van der Waals surface area contributed by atoms with E-state index in [-0.39, 0.29) is 12.5 Å². The molecule has 128 valence electrons. The average Bonchev–Trinajstić information content (AvgIpc) is 2.49. The lowest BCUT2D eigenvalue weighted by Gasteiger charge is -2.17. The Bertz CT molecular complexity index is 710. The highest BCUT2D eigenvalue weighted by molar-refractivity contribution is 6.35. The van der Waals surface area contributed by atoms with Crippen LogP contribution in [-0.2, 0) is 4.79 Å². The minimum absolute atomic E-state index is 0.125. The minimum Gasteiger partial charge on any atom is -0.491 e. The Hall–Kier alpha value is -1.82. The van der Waals surface area contributed by atoms with Crippen LogP contribution < -0.4 is 10.1 Å². The molecule has 1 amide bonds. The number of carbonyl (C=O) groups excluding carboxylic acids is 1. The molecule has 2 rings (SSSR count). The first-order chi connectivity index (χ1) is 11.4. The summed E-state index contributed by atoms with van der Waals surface area (Å²) in [6, 6.07) is 10.6. The van der Waals surface area contributed by atoms with E-state index in [1.807, 2.05) is 31.0 Å². The zero-order valence-electron chi connectivity index (χ0n) is 13.6. The number of pyridine rings is 1. The number of hydrogen-bond acceptors (Lipinski definition) is 4. The molecule has 0 saturated carbocycles. The van der Waals surface area contributed by atoms with E-state index in [0.717, 1.165) is 5.69 Å². The number of amides is 1. The fourth-order valence-corrected chi connectivity index (χ4v) is 2.49. The number of anilines is 1. The van der Waals surface area contributed by atoms with E-state index in [1.165, 1.54) is 0 Å². The van der Waals surface area contributed by atoms with Crippen molar-refractivity contribution in [1.82, 2.24) is 9.88 Å². The quantitative estimate of drug-likeness (QED) is 0.811. The monoisotopic (exact) mass is 367 g/mol. The minimum atomic E-state index is -0.125. The van der Waals surface area contributed by atoms with E-state index in [4.69, 9.17) is 27.9 Å². The van der Waals surface area contributed by atoms with Crippen LogP contribution in [0.15, 0.2) is 36.4 Å². The summed E-state index contributed by atoms with van der Waals surface area (Å²) in [7, 11) is 1.84. The fourth-order valence-electron chi connectivity index (χ4n) is 2.02. The fraction of sp³-hybridized carbons (Fsp3) is 0.294. The molecular weight excluding hydrogens is 349 g/mol. The Morgan fingerprint density at radius 2 is 2.08 bits per heavy atom. The molecule has 0 atom stereocenters. The lowest BCUT2D eigenvalue weighted by atomic mass is 10.3. The second kappa shape index (κ2) is 8.87. The number of aryl methyl sites for hydroxylation is 1. The molecule has 0 aliphatic heterocycles. The van der Waals surface area contributed by atoms with Crippen molar-refractivity contribution < 1.29 is 9.53 Å². The van der Waals surface area contributed by atoms with Crippen LogP contribution in [0, 0.1) is 6.92 Å². The highest BCUT2D eigenvalue weighted by atomic mass is 35.5. The largest absolute Gasteiger partial charge is 0.491 e. The summed E-state index contributed by atoms with van der Waals surface area (Å²) >= 11 is 11.9. The zero-order valence-corrected chi connectivity index (χ0v) is 15.1. The molecule has 0 unspecified atom stereocenters. The summed E-state index contributed by atoms with van der Waals surface area (Å²) in [6.45, 7) is 3.11. The van der Waals surface area contributed by atoms with Crippen LogP contribution in [0.5, 0.6) is 5.75 Å². The van der Waals surface area contributed by atoms with E-state index in [0.29, 0.717) is 34.8 Å². The van der Waals surface area contributed by atoms with Gasteiger partial charge in [0.1, 0.15) is 18.2 Å². The van der Waals surface area contributed by atoms with Crippen LogP contribution in [-0.4, -0.2) is 42.5 Å². The predicted molar refractivity (Wildman–Crippen MR) is 97.1 cm³/mol. The molecule has 0 bridgehead atoms. The maximum Gasteiger partial charge on any atom is 0.239 e. The van der Waals surface area contributed by atoms with Gasteiger partial charge < -0.3 is 10.1 Å². The van der Waals surface area contributed by atoms with Crippen molar-refractivity contribution in [3.05, 3.63) is 52.1 Å². The molecule has 7 heteroatoms. The van der Waals surface area contributed by atoms with E-state index in [2.05, 4.69) is 10.3 Å². The van der Waals surface area contributed by atoms with Crippen LogP contribution in [0.25, 0.3) is 0 Å². The highest BCUT2D eigenvalue weighted by Gasteiger charge is 2.08. The maximum atomic E-state index is 12.0. The van der Waals surface area contributed by atoms with E-state index >= 15 is 0 Å². The SMILES string of the molecule is Cc1cccc(NC(=O)CN(C)CCOc2ccc(Cl)cc2Cl)n1. The molecule has 1 heterocycles. The van der Waals surface area contributed by atoms with Gasteiger partial charge in [0, 0.05) is 17.3 Å². The number of rotatable bonds is 7. The van der Waals surface area contributed by atoms with Crippen LogP contribution in [0.2, 0.25) is 10.0 Å². The number of likely N-dealkylation sites (N-methyl/N-ethyl adjacent to an activating group) is 1. The summed E-state index contributed by atoms with van der Waals surface area (Å²) in [5.41, 5.74) is 0.856. The van der Waals surface area contributed by atoms with Gasteiger partial charge in [0.2, 0.25) is 5.91 Å². The van der Waals surface area contributed by atoms with Gasteiger partial charge in [-0.25, -0.2) is 4.98 Å². The molecule has 2 aromatic rings. The number of nitrogens with zero attached hydrogens (tertiary/aromatic N) is 2. The molecule has 0 radical (unpaired) electrons. The van der Waals surface area contributed by atoms with Gasteiger partial charge in [-0.1, -0.05) is 29.3 Å². The first kappa shape index (κ1) is 18.5. The first-order valence-electron chi connectivity index (χ1n) is 7.44. The number of nitrogens with one attached hydrogen (secondary N) is 1. The molecule has 24 heavy (non-hydrogen) atoms. The summed E-state index contributed by atoms with van der Waals surface area (Å²) in [5, 5.41) is 3.80. The van der Waals surface area contributed by atoms with Gasteiger partial charge >= 0.3 is 0 Å². The van der Waals surface area contributed by atoms with E-state index in [9.17, 15) is 4.79 Å². The van der Waals surface area contributed by atoms with Gasteiger partial charge in [0.25, 0.3) is 0 Å². The summed E-state index contributed by atoms with van der Waals surface area (Å²) < 4.78 is 5.60. The lowest BCUT2D eigenvalue weighted by molar-refractivity contribution is -0.117. The average molecular weight is 368 g/mol. The normalized spacial score (nSPS) is 10.7. The van der Waals surface area contributed by atoms with Crippen LogP contribution >= 0.6 is 23.2 Å². The highest BCUT2D eigenvalue weighted by Crippen LogP contribution is 2.27. The molecule has 0 spiro atoms. The third-order valence-electron chi connectivity index (χ3n) is 3.19. The van der Waals surface area contributed by atoms with Gasteiger partial charge in [0.05, 0.1) is 11.6 Å². The summed E-state index contributed by atoms with van der Waals surface area (Å²) in [6.07, 6.45) is 0. The molecule has 0 fully saturated rings. The van der Waals surface area contributed by atoms with Crippen molar-refractivity contribution in [2.45, 2.75) is 6.92 Å². The Labute approximate surface area is 151 Å². The van der Waals surface area contributed by atoms with Gasteiger partial charge in [-0.05, 0) is 44.3 Å². The number of ether oxygens (including phenoxy) is 1. The van der Waals surface area contributed by atoms with Gasteiger partial charge in [-0.3, -0.25) is 9.69 Å². The zero-order chi connectivity index (χ0) is 17.5. The second-order valence-corrected chi connectivity index (χ2v) is 6.22. The summed E-state index contributed by atoms with van der Waals surface area (Å²) in [4.78, 5) is 18.1. The van der Waals surface area contributed by atoms with Crippen LogP contribution in [0.4, 0.5) is 5.82 Å². The first-order valence-corrected chi connectivity index (χ1v) is 8.19. The Morgan fingerprint density at radius 3 is 2.79 bits per heavy atom. The van der Waals surface area contributed by atoms with Crippen molar-refractivity contribution in [2.24, 2.45) is 0 Å². The lowest BCUT2D eigenvalue weighted by Crippen LogP contribution is -2.33.